The molecule has 4 N–H and O–H groups in total. The van der Waals surface area contributed by atoms with Crippen molar-refractivity contribution in [2.24, 2.45) is 0 Å². The Morgan fingerprint density at radius 3 is 0.483 bits per heavy atom. The number of rotatable bonds is 8. The van der Waals surface area contributed by atoms with E-state index in [0.29, 0.717) is 0 Å². The van der Waals surface area contributed by atoms with Crippen LogP contribution in [-0.2, 0) is 5.41 Å². The highest BCUT2D eigenvalue weighted by Crippen LogP contribution is 2.64. The Hall–Kier alpha value is -10.2. The van der Waals surface area contributed by atoms with Crippen molar-refractivity contribution >= 4 is 22.7 Å². The normalized spacial score (nSPS) is 11.5. The smallest absolute Gasteiger partial charge is 0.0726 e. The number of hydrogen-bond acceptors (Lipinski definition) is 4. The van der Waals surface area contributed by atoms with E-state index in [0.717, 1.165) is 0 Å². The molecule has 0 fully saturated rings. The second-order valence-corrected chi connectivity index (χ2v) is 23.7. The van der Waals surface area contributed by atoms with Crippen molar-refractivity contribution in [3.8, 4) is 66.8 Å². The summed E-state index contributed by atoms with van der Waals surface area (Å²) in [5.41, 5.74) is 35.0. The van der Waals surface area contributed by atoms with Gasteiger partial charge in [-0.25, -0.2) is 0 Å². The number of benzene rings is 12. The molecule has 0 heterocycles. The van der Waals surface area contributed by atoms with E-state index >= 15 is 0 Å². The van der Waals surface area contributed by atoms with Crippen molar-refractivity contribution in [2.45, 2.75) is 60.8 Å². The molecule has 0 amide bonds. The van der Waals surface area contributed by atoms with Gasteiger partial charge in [0.25, 0.3) is 0 Å². The third-order valence-corrected chi connectivity index (χ3v) is 17.2. The van der Waals surface area contributed by atoms with Gasteiger partial charge in [0.1, 0.15) is 0 Å². The van der Waals surface area contributed by atoms with E-state index in [9.17, 15) is 0 Å². The summed E-state index contributed by atoms with van der Waals surface area (Å²) in [7, 11) is 7.69. The third kappa shape index (κ3) is 14.2. The molecule has 4 heteroatoms. The first-order chi connectivity index (χ1) is 43.2. The number of fused-ring (bicyclic) bond motifs is 10. The van der Waals surface area contributed by atoms with Gasteiger partial charge in [-0.15, -0.1) is 0 Å². The molecule has 0 aromatic heterocycles. The quantitative estimate of drug-likeness (QED) is 0.122. The average molecular weight is 1160 g/mol. The third-order valence-electron chi connectivity index (χ3n) is 17.2. The highest BCUT2D eigenvalue weighted by Gasteiger charge is 2.52. The van der Waals surface area contributed by atoms with Gasteiger partial charge in [-0.2, -0.15) is 0 Å². The summed E-state index contributed by atoms with van der Waals surface area (Å²) < 4.78 is 0. The van der Waals surface area contributed by atoms with Crippen LogP contribution in [0.1, 0.15) is 66.8 Å². The Bertz CT molecular complexity index is 3730. The maximum Gasteiger partial charge on any atom is 0.0726 e. The SMILES string of the molecule is CNc1ccc(C)cc1.CNc1ccc(C)cc1.CNc1ccc(C)cc1.CNc1ccc(C)cc1.Cc1ccc(-c2ccc3c(c2)C2(c4cc(-c5ccc(C)cc5)ccc4-3)c3cc(-c4ccc(C)cc4)ccc3-c3ccc(-c4ccc(C)cc4)cc32)cc1. The molecule has 0 bridgehead atoms. The summed E-state index contributed by atoms with van der Waals surface area (Å²) in [6, 6.07) is 98.0. The zero-order valence-electron chi connectivity index (χ0n) is 53.9. The largest absolute Gasteiger partial charge is 0.388 e. The molecular weight excluding hydrogens is 1080 g/mol. The average Bonchev–Trinajstić information content (AvgIpc) is 1.54. The van der Waals surface area contributed by atoms with E-state index in [1.165, 1.54) is 156 Å². The van der Waals surface area contributed by atoms with Crippen LogP contribution in [0.2, 0.25) is 0 Å². The van der Waals surface area contributed by atoms with Crippen LogP contribution in [0.15, 0.2) is 267 Å². The lowest BCUT2D eigenvalue weighted by Crippen LogP contribution is -2.26. The molecule has 2 aliphatic carbocycles. The molecule has 0 saturated carbocycles. The molecule has 0 aliphatic heterocycles. The standard InChI is InChI=1S/C53H40.4C8H11N/c1-33-5-13-37(14-6-33)41-21-25-45-46-26-22-42(38-15-7-34(2)8-16-38)30-50(46)53(49(45)29-41)51-31-43(39-17-9-35(3)10-18-39)23-27-47(51)48-28-24-44(32-52(48)53)40-19-11-36(4)12-20-40;4*1-7-3-5-8(9-2)6-4-7/h5-32H,1-4H3;4*3-6,9H,1-2H3. The molecule has 0 unspecified atom stereocenters. The molecule has 444 valence electrons. The van der Waals surface area contributed by atoms with Gasteiger partial charge in [0.15, 0.2) is 0 Å². The van der Waals surface area contributed by atoms with Crippen molar-refractivity contribution in [1.29, 1.82) is 0 Å². The Kier molecular flexibility index (Phi) is 19.6. The minimum absolute atomic E-state index is 0.516. The number of aryl methyl sites for hydroxylation is 8. The highest BCUT2D eigenvalue weighted by molar-refractivity contribution is 5.98. The Labute approximate surface area is 530 Å². The fraction of sp³-hybridized carbons (Fsp3) is 0.153. The van der Waals surface area contributed by atoms with Crippen molar-refractivity contribution in [2.75, 3.05) is 49.5 Å². The molecule has 12 aromatic rings. The van der Waals surface area contributed by atoms with Crippen molar-refractivity contribution in [3.63, 3.8) is 0 Å². The first-order valence-electron chi connectivity index (χ1n) is 31.0. The molecule has 89 heavy (non-hydrogen) atoms. The predicted molar refractivity (Wildman–Crippen MR) is 386 cm³/mol. The van der Waals surface area contributed by atoms with Crippen LogP contribution in [0.5, 0.6) is 0 Å². The maximum atomic E-state index is 3.05. The molecule has 2 aliphatic rings. The van der Waals surface area contributed by atoms with E-state index < -0.39 is 5.41 Å². The van der Waals surface area contributed by atoms with Crippen molar-refractivity contribution in [3.05, 3.63) is 334 Å². The van der Waals surface area contributed by atoms with E-state index in [1.807, 2.05) is 28.2 Å². The van der Waals surface area contributed by atoms with Gasteiger partial charge in [-0.05, 0) is 217 Å². The molecule has 12 aromatic carbocycles. The second kappa shape index (κ2) is 28.1. The molecule has 4 nitrogen and oxygen atoms in total. The van der Waals surface area contributed by atoms with Crippen LogP contribution >= 0.6 is 0 Å². The van der Waals surface area contributed by atoms with Gasteiger partial charge in [-0.3, -0.25) is 0 Å². The van der Waals surface area contributed by atoms with Crippen molar-refractivity contribution < 1.29 is 0 Å². The lowest BCUT2D eigenvalue weighted by molar-refractivity contribution is 0.795. The maximum absolute atomic E-state index is 3.05. The highest BCUT2D eigenvalue weighted by atomic mass is 14.8. The second-order valence-electron chi connectivity index (χ2n) is 23.7. The van der Waals surface area contributed by atoms with Crippen LogP contribution in [-0.4, -0.2) is 28.2 Å². The summed E-state index contributed by atoms with van der Waals surface area (Å²) in [5.74, 6) is 0. The summed E-state index contributed by atoms with van der Waals surface area (Å²) in [4.78, 5) is 0. The minimum Gasteiger partial charge on any atom is -0.388 e. The molecule has 0 radical (unpaired) electrons. The summed E-state index contributed by atoms with van der Waals surface area (Å²) in [5, 5.41) is 12.2. The van der Waals surface area contributed by atoms with Crippen LogP contribution in [0.25, 0.3) is 66.8 Å². The molecular formula is C85H84N4. The monoisotopic (exact) mass is 1160 g/mol. The molecule has 0 saturated heterocycles. The van der Waals surface area contributed by atoms with E-state index in [2.05, 4.69) is 344 Å². The lowest BCUT2D eigenvalue weighted by Gasteiger charge is -2.32. The van der Waals surface area contributed by atoms with Gasteiger partial charge >= 0.3 is 0 Å². The Morgan fingerprint density at radius 1 is 0.180 bits per heavy atom. The van der Waals surface area contributed by atoms with E-state index in [4.69, 9.17) is 0 Å². The van der Waals surface area contributed by atoms with Gasteiger partial charge in [0.05, 0.1) is 5.41 Å². The molecule has 14 rings (SSSR count). The topological polar surface area (TPSA) is 48.1 Å². The molecule has 0 atom stereocenters. The fourth-order valence-electron chi connectivity index (χ4n) is 11.8. The van der Waals surface area contributed by atoms with E-state index in [1.54, 1.807) is 0 Å². The first-order valence-corrected chi connectivity index (χ1v) is 31.0. The molecule has 1 spiro atoms. The first kappa shape index (κ1) is 61.9. The zero-order valence-corrected chi connectivity index (χ0v) is 53.9. The Balaban J connectivity index is 0.000000194. The Morgan fingerprint density at radius 2 is 0.326 bits per heavy atom. The van der Waals surface area contributed by atoms with Crippen molar-refractivity contribution in [1.82, 2.24) is 0 Å². The van der Waals surface area contributed by atoms with Gasteiger partial charge in [0.2, 0.25) is 0 Å². The zero-order chi connectivity index (χ0) is 62.6. The predicted octanol–water partition coefficient (Wildman–Crippen LogP) is 22.1. The van der Waals surface area contributed by atoms with Crippen LogP contribution in [0, 0.1) is 55.4 Å². The number of nitrogens with one attached hydrogen (secondary N) is 4. The summed E-state index contributed by atoms with van der Waals surface area (Å²) in [6.07, 6.45) is 0. The summed E-state index contributed by atoms with van der Waals surface area (Å²) in [6.45, 7) is 17.0. The number of anilines is 4. The minimum atomic E-state index is -0.516. The van der Waals surface area contributed by atoms with Gasteiger partial charge in [-0.1, -0.05) is 239 Å². The van der Waals surface area contributed by atoms with Crippen LogP contribution in [0.3, 0.4) is 0 Å². The van der Waals surface area contributed by atoms with E-state index in [-0.39, 0.29) is 0 Å². The fourth-order valence-corrected chi connectivity index (χ4v) is 11.8. The van der Waals surface area contributed by atoms with Gasteiger partial charge < -0.3 is 21.3 Å². The van der Waals surface area contributed by atoms with Crippen LogP contribution < -0.4 is 21.3 Å². The summed E-state index contributed by atoms with van der Waals surface area (Å²) >= 11 is 0. The van der Waals surface area contributed by atoms with Crippen LogP contribution in [0.4, 0.5) is 22.7 Å². The number of hydrogen-bond donors (Lipinski definition) is 4. The lowest BCUT2D eigenvalue weighted by atomic mass is 9.69. The van der Waals surface area contributed by atoms with Gasteiger partial charge in [0, 0.05) is 50.9 Å².